The van der Waals surface area contributed by atoms with E-state index in [1.165, 1.54) is 11.9 Å². The van der Waals surface area contributed by atoms with Gasteiger partial charge in [-0.1, -0.05) is 0 Å². The molecule has 0 spiro atoms. The zero-order valence-corrected chi connectivity index (χ0v) is 8.00. The van der Waals surface area contributed by atoms with Crippen molar-refractivity contribution >= 4 is 11.8 Å². The number of alkyl halides is 3. The van der Waals surface area contributed by atoms with Gasteiger partial charge in [0.2, 0.25) is 0 Å². The predicted molar refractivity (Wildman–Crippen MR) is 42.8 cm³/mol. The first-order valence-corrected chi connectivity index (χ1v) is 4.30. The zero-order valence-electron chi connectivity index (χ0n) is 8.00. The Hall–Kier alpha value is -1.11. The van der Waals surface area contributed by atoms with E-state index in [0.29, 0.717) is 6.54 Å². The Labute approximate surface area is 84.0 Å². The SMILES string of the molecule is CN1CCC(=O)CC1OC(=O)C(F)(F)F. The summed E-state index contributed by atoms with van der Waals surface area (Å²) in [6, 6.07) is 0. The highest BCUT2D eigenvalue weighted by Crippen LogP contribution is 2.21. The molecule has 1 aliphatic rings. The van der Waals surface area contributed by atoms with E-state index in [2.05, 4.69) is 4.74 Å². The Morgan fingerprint density at radius 1 is 1.53 bits per heavy atom. The lowest BCUT2D eigenvalue weighted by Crippen LogP contribution is -2.44. The van der Waals surface area contributed by atoms with Crippen molar-refractivity contribution in [3.05, 3.63) is 0 Å². The van der Waals surface area contributed by atoms with Crippen LogP contribution < -0.4 is 0 Å². The van der Waals surface area contributed by atoms with Crippen molar-refractivity contribution in [3.8, 4) is 0 Å². The summed E-state index contributed by atoms with van der Waals surface area (Å²) >= 11 is 0. The van der Waals surface area contributed by atoms with Crippen LogP contribution in [0.1, 0.15) is 12.8 Å². The summed E-state index contributed by atoms with van der Waals surface area (Å²) in [5.74, 6) is -2.46. The number of likely N-dealkylation sites (tertiary alicyclic amines) is 1. The topological polar surface area (TPSA) is 46.6 Å². The Balaban J connectivity index is 2.57. The average molecular weight is 225 g/mol. The average Bonchev–Trinajstić information content (AvgIpc) is 2.09. The van der Waals surface area contributed by atoms with Gasteiger partial charge >= 0.3 is 12.1 Å². The molecule has 1 saturated heterocycles. The number of hydrogen-bond acceptors (Lipinski definition) is 4. The first kappa shape index (κ1) is 12.0. The molecule has 7 heteroatoms. The van der Waals surface area contributed by atoms with Crippen LogP contribution >= 0.6 is 0 Å². The van der Waals surface area contributed by atoms with Crippen LogP contribution in [0.15, 0.2) is 0 Å². The molecule has 4 nitrogen and oxygen atoms in total. The molecular formula is C8H10F3NO3. The molecule has 15 heavy (non-hydrogen) atoms. The Kier molecular flexibility index (Phi) is 3.33. The summed E-state index contributed by atoms with van der Waals surface area (Å²) in [7, 11) is 1.50. The van der Waals surface area contributed by atoms with Gasteiger partial charge in [-0.25, -0.2) is 4.79 Å². The van der Waals surface area contributed by atoms with Crippen molar-refractivity contribution < 1.29 is 27.5 Å². The lowest BCUT2D eigenvalue weighted by Gasteiger charge is -2.30. The summed E-state index contributed by atoms with van der Waals surface area (Å²) in [6.07, 6.45) is -6.02. The van der Waals surface area contributed by atoms with Gasteiger partial charge in [-0.05, 0) is 7.05 Å². The third-order valence-corrected chi connectivity index (χ3v) is 2.11. The van der Waals surface area contributed by atoms with E-state index in [-0.39, 0.29) is 18.6 Å². The van der Waals surface area contributed by atoms with Crippen molar-refractivity contribution in [2.24, 2.45) is 0 Å². The molecule has 0 saturated carbocycles. The molecule has 1 atom stereocenters. The molecule has 1 fully saturated rings. The molecule has 0 bridgehead atoms. The second-order valence-corrected chi connectivity index (χ2v) is 3.33. The van der Waals surface area contributed by atoms with Gasteiger partial charge in [-0.15, -0.1) is 0 Å². The second kappa shape index (κ2) is 4.18. The maximum Gasteiger partial charge on any atom is 0.490 e. The van der Waals surface area contributed by atoms with E-state index < -0.39 is 18.4 Å². The smallest absolute Gasteiger partial charge is 0.439 e. The van der Waals surface area contributed by atoms with Crippen LogP contribution in [0.25, 0.3) is 0 Å². The lowest BCUT2D eigenvalue weighted by atomic mass is 10.1. The van der Waals surface area contributed by atoms with Gasteiger partial charge in [0, 0.05) is 13.0 Å². The minimum absolute atomic E-state index is 0.182. The Morgan fingerprint density at radius 2 is 2.13 bits per heavy atom. The van der Waals surface area contributed by atoms with Crippen molar-refractivity contribution in [1.82, 2.24) is 4.90 Å². The quantitative estimate of drug-likeness (QED) is 0.617. The number of rotatable bonds is 1. The van der Waals surface area contributed by atoms with Crippen molar-refractivity contribution in [1.29, 1.82) is 0 Å². The van der Waals surface area contributed by atoms with Crippen LogP contribution in [0.5, 0.6) is 0 Å². The third-order valence-electron chi connectivity index (χ3n) is 2.11. The van der Waals surface area contributed by atoms with Crippen molar-refractivity contribution in [3.63, 3.8) is 0 Å². The van der Waals surface area contributed by atoms with Gasteiger partial charge in [0.15, 0.2) is 6.23 Å². The number of halogens is 3. The molecule has 0 aromatic heterocycles. The molecule has 0 radical (unpaired) electrons. The maximum absolute atomic E-state index is 11.9. The number of hydrogen-bond donors (Lipinski definition) is 0. The van der Waals surface area contributed by atoms with Crippen LogP contribution in [0, 0.1) is 0 Å². The van der Waals surface area contributed by atoms with E-state index >= 15 is 0 Å². The van der Waals surface area contributed by atoms with Gasteiger partial charge in [-0.3, -0.25) is 9.69 Å². The Bertz CT molecular complexity index is 277. The number of ether oxygens (including phenoxy) is 1. The minimum atomic E-state index is -5.01. The highest BCUT2D eigenvalue weighted by Gasteiger charge is 2.43. The van der Waals surface area contributed by atoms with Gasteiger partial charge < -0.3 is 4.74 Å². The summed E-state index contributed by atoms with van der Waals surface area (Å²) in [4.78, 5) is 22.9. The van der Waals surface area contributed by atoms with E-state index in [1.54, 1.807) is 0 Å². The fraction of sp³-hybridized carbons (Fsp3) is 0.750. The molecule has 0 aliphatic carbocycles. The first-order valence-electron chi connectivity index (χ1n) is 4.30. The third kappa shape index (κ3) is 3.19. The van der Waals surface area contributed by atoms with E-state index in [9.17, 15) is 22.8 Å². The second-order valence-electron chi connectivity index (χ2n) is 3.33. The van der Waals surface area contributed by atoms with Gasteiger partial charge in [0.1, 0.15) is 5.78 Å². The summed E-state index contributed by atoms with van der Waals surface area (Å²) < 4.78 is 39.7. The number of nitrogens with zero attached hydrogens (tertiary/aromatic N) is 1. The number of carbonyl (C=O) groups is 2. The highest BCUT2D eigenvalue weighted by atomic mass is 19.4. The molecule has 1 aliphatic heterocycles. The minimum Gasteiger partial charge on any atom is -0.439 e. The molecule has 1 rings (SSSR count). The molecule has 0 amide bonds. The molecule has 0 aromatic rings. The Morgan fingerprint density at radius 3 is 2.67 bits per heavy atom. The normalized spacial score (nSPS) is 24.0. The first-order chi connectivity index (χ1) is 6.80. The molecule has 1 heterocycles. The molecule has 0 aromatic carbocycles. The van der Waals surface area contributed by atoms with Crippen LogP contribution in [0.2, 0.25) is 0 Å². The molecule has 1 unspecified atom stereocenters. The number of piperidine rings is 1. The van der Waals surface area contributed by atoms with Crippen LogP contribution in [-0.2, 0) is 14.3 Å². The number of Topliss-reactive ketones (excluding diaryl/α,β-unsaturated/α-hetero) is 1. The monoisotopic (exact) mass is 225 g/mol. The van der Waals surface area contributed by atoms with Gasteiger partial charge in [0.25, 0.3) is 0 Å². The number of ketones is 1. The maximum atomic E-state index is 11.9. The fourth-order valence-corrected chi connectivity index (χ4v) is 1.22. The van der Waals surface area contributed by atoms with Gasteiger partial charge in [0.05, 0.1) is 6.42 Å². The van der Waals surface area contributed by atoms with E-state index in [4.69, 9.17) is 0 Å². The van der Waals surface area contributed by atoms with Crippen LogP contribution in [-0.4, -0.2) is 42.6 Å². The zero-order chi connectivity index (χ0) is 11.6. The standard InChI is InChI=1S/C8H10F3NO3/c1-12-3-2-5(13)4-6(12)15-7(14)8(9,10)11/h6H,2-4H2,1H3. The van der Waals surface area contributed by atoms with E-state index in [1.807, 2.05) is 0 Å². The molecule has 0 N–H and O–H groups in total. The highest BCUT2D eigenvalue weighted by molar-refractivity contribution is 5.81. The summed E-state index contributed by atoms with van der Waals surface area (Å²) in [5.41, 5.74) is 0. The van der Waals surface area contributed by atoms with E-state index in [0.717, 1.165) is 0 Å². The van der Waals surface area contributed by atoms with Gasteiger partial charge in [-0.2, -0.15) is 13.2 Å². The largest absolute Gasteiger partial charge is 0.490 e. The van der Waals surface area contributed by atoms with Crippen molar-refractivity contribution in [2.45, 2.75) is 25.2 Å². The molecular weight excluding hydrogens is 215 g/mol. The summed E-state index contributed by atoms with van der Waals surface area (Å²) in [6.45, 7) is 0.300. The predicted octanol–water partition coefficient (Wildman–Crippen LogP) is 0.713. The number of carbonyl (C=O) groups excluding carboxylic acids is 2. The van der Waals surface area contributed by atoms with Crippen LogP contribution in [0.3, 0.4) is 0 Å². The summed E-state index contributed by atoms with van der Waals surface area (Å²) in [5, 5.41) is 0. The number of esters is 1. The van der Waals surface area contributed by atoms with Crippen molar-refractivity contribution in [2.75, 3.05) is 13.6 Å². The molecule has 86 valence electrons. The lowest BCUT2D eigenvalue weighted by molar-refractivity contribution is -0.213. The van der Waals surface area contributed by atoms with Crippen LogP contribution in [0.4, 0.5) is 13.2 Å². The fourth-order valence-electron chi connectivity index (χ4n) is 1.22.